The van der Waals surface area contributed by atoms with Gasteiger partial charge in [0.25, 0.3) is 5.72 Å². The molecule has 3 aromatic rings. The van der Waals surface area contributed by atoms with E-state index in [4.69, 9.17) is 17.1 Å². The Bertz CT molecular complexity index is 1070. The predicted octanol–water partition coefficient (Wildman–Crippen LogP) is 4.47. The van der Waals surface area contributed by atoms with Gasteiger partial charge in [-0.1, -0.05) is 63.7 Å². The Labute approximate surface area is 190 Å². The van der Waals surface area contributed by atoms with Gasteiger partial charge in [-0.25, -0.2) is 9.47 Å². The van der Waals surface area contributed by atoms with Gasteiger partial charge in [-0.15, -0.1) is 17.0 Å². The molecule has 1 aliphatic rings. The second-order valence-electron chi connectivity index (χ2n) is 6.98. The minimum atomic E-state index is -1.44. The average molecular weight is 489 g/mol. The van der Waals surface area contributed by atoms with Crippen LogP contribution in [-0.4, -0.2) is 23.2 Å². The quantitative estimate of drug-likeness (QED) is 0.249. The second-order valence-corrected chi connectivity index (χ2v) is 7.42. The number of aromatic nitrogens is 2. The third kappa shape index (κ3) is 3.75. The summed E-state index contributed by atoms with van der Waals surface area (Å²) in [6.45, 7) is 2.53. The van der Waals surface area contributed by atoms with Crippen LogP contribution in [0.25, 0.3) is 10.4 Å². The first-order valence-corrected chi connectivity index (χ1v) is 9.63. The van der Waals surface area contributed by atoms with Gasteiger partial charge >= 0.3 is 5.95 Å². The number of anilines is 1. The fourth-order valence-corrected chi connectivity index (χ4v) is 4.02. The van der Waals surface area contributed by atoms with Crippen molar-refractivity contribution < 1.29 is 9.67 Å². The Morgan fingerprint density at radius 1 is 1.23 bits per heavy atom. The van der Waals surface area contributed by atoms with E-state index in [0.29, 0.717) is 23.1 Å². The third-order valence-electron chi connectivity index (χ3n) is 5.22. The van der Waals surface area contributed by atoms with Crippen LogP contribution in [0.5, 0.6) is 0 Å². The van der Waals surface area contributed by atoms with E-state index in [1.807, 2.05) is 60.2 Å². The molecular weight excluding hydrogens is 468 g/mol. The number of aliphatic hydroxyl groups is 1. The van der Waals surface area contributed by atoms with Crippen LogP contribution in [-0.2, 0) is 5.72 Å². The molecule has 2 heterocycles. The van der Waals surface area contributed by atoms with Gasteiger partial charge < -0.3 is 5.11 Å². The molecule has 7 nitrogen and oxygen atoms in total. The fraction of sp³-hybridized carbons (Fsp3) is 0.238. The monoisotopic (exact) mass is 487 g/mol. The first-order valence-electron chi connectivity index (χ1n) is 9.25. The Morgan fingerprint density at radius 3 is 2.60 bits per heavy atom. The molecule has 0 saturated heterocycles. The smallest absolute Gasteiger partial charge is 0.352 e. The number of nitrogens with zero attached hydrogens (tertiary/aromatic N) is 6. The number of azide groups is 1. The zero-order valence-corrected chi connectivity index (χ0v) is 18.7. The van der Waals surface area contributed by atoms with Crippen molar-refractivity contribution >= 4 is 34.5 Å². The molecule has 0 fully saturated rings. The van der Waals surface area contributed by atoms with E-state index in [1.54, 1.807) is 23.2 Å². The maximum atomic E-state index is 12.2. The first kappa shape index (κ1) is 22.1. The number of rotatable bonds is 5. The minimum Gasteiger partial charge on any atom is -0.352 e. The number of hydrogen-bond donors (Lipinski definition) is 1. The van der Waals surface area contributed by atoms with Crippen molar-refractivity contribution in [1.29, 1.82) is 0 Å². The molecule has 1 N–H and O–H groups in total. The van der Waals surface area contributed by atoms with Crippen LogP contribution in [0.1, 0.15) is 22.7 Å². The molecule has 4 rings (SSSR count). The van der Waals surface area contributed by atoms with Gasteiger partial charge in [0.1, 0.15) is 6.20 Å². The number of hydrogen-bond acceptors (Lipinski definition) is 4. The van der Waals surface area contributed by atoms with Crippen LogP contribution in [0, 0.1) is 6.92 Å². The summed E-state index contributed by atoms with van der Waals surface area (Å²) in [7, 11) is 0. The minimum absolute atomic E-state index is 0. The lowest BCUT2D eigenvalue weighted by atomic mass is 9.89. The van der Waals surface area contributed by atoms with E-state index in [1.165, 1.54) is 0 Å². The van der Waals surface area contributed by atoms with E-state index in [0.717, 1.165) is 11.1 Å². The molecule has 2 aromatic carbocycles. The van der Waals surface area contributed by atoms with Crippen molar-refractivity contribution in [3.05, 3.63) is 99.1 Å². The SMILES string of the molecule is Br.Cc1ccc(C2[n+]3cccnc3N(CCN=[N+]=[N-])C2(O)c2ccc(Cl)cc2)cc1. The van der Waals surface area contributed by atoms with E-state index in [2.05, 4.69) is 15.0 Å². The summed E-state index contributed by atoms with van der Waals surface area (Å²) >= 11 is 6.09. The maximum Gasteiger partial charge on any atom is 0.397 e. The predicted molar refractivity (Wildman–Crippen MR) is 121 cm³/mol. The van der Waals surface area contributed by atoms with E-state index < -0.39 is 11.8 Å². The highest BCUT2D eigenvalue weighted by Crippen LogP contribution is 2.44. The summed E-state index contributed by atoms with van der Waals surface area (Å²) in [6.07, 6.45) is 3.59. The second kappa shape index (κ2) is 9.02. The Kier molecular flexibility index (Phi) is 6.63. The third-order valence-corrected chi connectivity index (χ3v) is 5.47. The molecule has 9 heteroatoms. The molecule has 0 aliphatic carbocycles. The average Bonchev–Trinajstić information content (AvgIpc) is 2.98. The zero-order chi connectivity index (χ0) is 20.4. The van der Waals surface area contributed by atoms with Crippen LogP contribution >= 0.6 is 28.6 Å². The standard InChI is InChI=1S/C21H20ClN6O.BrH/c1-15-3-5-16(6-4-15)19-21(29,17-7-9-18(22)10-8-17)28(14-12-25-26-23)20-24-11-2-13-27(19)20;/h2-11,13,19,29H,12,14H2,1H3;1H/q+1;. The molecule has 0 spiro atoms. The zero-order valence-electron chi connectivity index (χ0n) is 16.3. The largest absolute Gasteiger partial charge is 0.397 e. The number of halogens is 2. The number of benzene rings is 2. The highest BCUT2D eigenvalue weighted by Gasteiger charge is 2.59. The molecule has 0 amide bonds. The van der Waals surface area contributed by atoms with Crippen molar-refractivity contribution in [2.75, 3.05) is 18.0 Å². The van der Waals surface area contributed by atoms with E-state index >= 15 is 0 Å². The fourth-order valence-electron chi connectivity index (χ4n) is 3.89. The van der Waals surface area contributed by atoms with Gasteiger partial charge in [-0.3, -0.25) is 0 Å². The van der Waals surface area contributed by atoms with Gasteiger partial charge in [0, 0.05) is 21.6 Å². The Hall–Kier alpha value is -2.64. The van der Waals surface area contributed by atoms with E-state index in [-0.39, 0.29) is 23.5 Å². The van der Waals surface area contributed by atoms with Crippen molar-refractivity contribution in [1.82, 2.24) is 4.98 Å². The molecular formula is C21H21BrClN6O+. The van der Waals surface area contributed by atoms with Gasteiger partial charge in [0.15, 0.2) is 6.04 Å². The summed E-state index contributed by atoms with van der Waals surface area (Å²) in [6, 6.07) is 16.6. The molecule has 2 atom stereocenters. The van der Waals surface area contributed by atoms with Crippen LogP contribution < -0.4 is 9.47 Å². The van der Waals surface area contributed by atoms with Crippen LogP contribution in [0.4, 0.5) is 5.95 Å². The summed E-state index contributed by atoms with van der Waals surface area (Å²) < 4.78 is 1.95. The van der Waals surface area contributed by atoms with E-state index in [9.17, 15) is 5.11 Å². The molecule has 0 bridgehead atoms. The molecule has 30 heavy (non-hydrogen) atoms. The lowest BCUT2D eigenvalue weighted by Gasteiger charge is -2.33. The normalized spacial score (nSPS) is 19.6. The number of aryl methyl sites for hydroxylation is 1. The summed E-state index contributed by atoms with van der Waals surface area (Å²) in [5, 5.41) is 16.5. The highest BCUT2D eigenvalue weighted by molar-refractivity contribution is 8.93. The summed E-state index contributed by atoms with van der Waals surface area (Å²) in [4.78, 5) is 9.15. The van der Waals surface area contributed by atoms with Gasteiger partial charge in [0.2, 0.25) is 0 Å². The van der Waals surface area contributed by atoms with Gasteiger partial charge in [0.05, 0.1) is 19.3 Å². The Balaban J connectivity index is 0.00000256. The molecule has 0 radical (unpaired) electrons. The topological polar surface area (TPSA) is 89.0 Å². The van der Waals surface area contributed by atoms with Crippen LogP contribution in [0.2, 0.25) is 5.02 Å². The molecule has 1 aromatic heterocycles. The summed E-state index contributed by atoms with van der Waals surface area (Å²) in [5.74, 6) is 0.601. The lowest BCUT2D eigenvalue weighted by Crippen LogP contribution is -2.51. The molecule has 1 aliphatic heterocycles. The van der Waals surface area contributed by atoms with Crippen molar-refractivity contribution in [2.45, 2.75) is 18.7 Å². The highest BCUT2D eigenvalue weighted by atomic mass is 79.9. The molecule has 2 unspecified atom stereocenters. The van der Waals surface area contributed by atoms with Gasteiger partial charge in [-0.2, -0.15) is 0 Å². The van der Waals surface area contributed by atoms with Crippen LogP contribution in [0.15, 0.2) is 72.1 Å². The number of fused-ring (bicyclic) bond motifs is 1. The van der Waals surface area contributed by atoms with Crippen LogP contribution in [0.3, 0.4) is 0 Å². The maximum absolute atomic E-state index is 12.2. The molecule has 154 valence electrons. The Morgan fingerprint density at radius 2 is 1.93 bits per heavy atom. The first-order chi connectivity index (χ1) is 14.1. The van der Waals surface area contributed by atoms with Gasteiger partial charge in [-0.05, 0) is 30.2 Å². The van der Waals surface area contributed by atoms with Crippen molar-refractivity contribution in [3.63, 3.8) is 0 Å². The molecule has 0 saturated carbocycles. The lowest BCUT2D eigenvalue weighted by molar-refractivity contribution is -0.703. The van der Waals surface area contributed by atoms with Crippen molar-refractivity contribution in [2.24, 2.45) is 5.11 Å². The summed E-state index contributed by atoms with van der Waals surface area (Å²) in [5.41, 5.74) is 10.0. The van der Waals surface area contributed by atoms with Crippen molar-refractivity contribution in [3.8, 4) is 0 Å².